The summed E-state index contributed by atoms with van der Waals surface area (Å²) in [5.41, 5.74) is 7.47. The lowest BCUT2D eigenvalue weighted by molar-refractivity contribution is 1.20. The van der Waals surface area contributed by atoms with Gasteiger partial charge in [0.25, 0.3) is 0 Å². The van der Waals surface area contributed by atoms with Crippen molar-refractivity contribution in [1.29, 1.82) is 0 Å². The second-order valence-corrected chi connectivity index (χ2v) is 3.57. The quantitative estimate of drug-likeness (QED) is 0.679. The number of aromatic nitrogens is 4. The molecule has 3 heterocycles. The van der Waals surface area contributed by atoms with E-state index >= 15 is 0 Å². The highest BCUT2D eigenvalue weighted by atomic mass is 15.0. The summed E-state index contributed by atoms with van der Waals surface area (Å²) in [5.74, 6) is 1.02. The first-order chi connectivity index (χ1) is 8.34. The van der Waals surface area contributed by atoms with Gasteiger partial charge in [-0.3, -0.25) is 9.97 Å². The third-order valence-electron chi connectivity index (χ3n) is 2.45. The van der Waals surface area contributed by atoms with Crippen molar-refractivity contribution in [2.75, 3.05) is 5.73 Å². The summed E-state index contributed by atoms with van der Waals surface area (Å²) in [4.78, 5) is 16.7. The smallest absolute Gasteiger partial charge is 0.163 e. The predicted molar refractivity (Wildman–Crippen MR) is 65.0 cm³/mol. The van der Waals surface area contributed by atoms with Gasteiger partial charge in [0.05, 0.1) is 11.7 Å². The van der Waals surface area contributed by atoms with Crippen molar-refractivity contribution in [3.8, 4) is 11.4 Å². The van der Waals surface area contributed by atoms with Crippen molar-refractivity contribution in [2.24, 2.45) is 0 Å². The van der Waals surface area contributed by atoms with E-state index in [0.29, 0.717) is 11.6 Å². The van der Waals surface area contributed by atoms with Crippen LogP contribution in [0.4, 0.5) is 5.82 Å². The minimum Gasteiger partial charge on any atom is -0.383 e. The van der Waals surface area contributed by atoms with Crippen LogP contribution in [-0.2, 0) is 0 Å². The van der Waals surface area contributed by atoms with Crippen molar-refractivity contribution in [2.45, 2.75) is 0 Å². The van der Waals surface area contributed by atoms with E-state index in [1.165, 1.54) is 0 Å². The van der Waals surface area contributed by atoms with Gasteiger partial charge in [0.1, 0.15) is 5.82 Å². The molecule has 0 bridgehead atoms. The van der Waals surface area contributed by atoms with Gasteiger partial charge in [-0.05, 0) is 18.2 Å². The molecule has 0 aromatic carbocycles. The Kier molecular flexibility index (Phi) is 2.15. The molecule has 0 radical (unpaired) electrons. The van der Waals surface area contributed by atoms with E-state index in [0.717, 1.165) is 16.5 Å². The minimum absolute atomic E-state index is 0.455. The van der Waals surface area contributed by atoms with Crippen LogP contribution in [0.15, 0.2) is 43.0 Å². The van der Waals surface area contributed by atoms with Crippen LogP contribution in [0.2, 0.25) is 0 Å². The van der Waals surface area contributed by atoms with Crippen LogP contribution < -0.4 is 5.73 Å². The largest absolute Gasteiger partial charge is 0.383 e. The Balaban J connectivity index is 2.26. The third-order valence-corrected chi connectivity index (χ3v) is 2.45. The van der Waals surface area contributed by atoms with E-state index in [1.807, 2.05) is 12.1 Å². The number of anilines is 1. The van der Waals surface area contributed by atoms with E-state index in [1.54, 1.807) is 30.9 Å². The number of fused-ring (bicyclic) bond motifs is 1. The molecule has 5 heteroatoms. The normalized spacial score (nSPS) is 10.6. The Labute approximate surface area is 97.4 Å². The Morgan fingerprint density at radius 1 is 0.941 bits per heavy atom. The first-order valence-electron chi connectivity index (χ1n) is 5.12. The van der Waals surface area contributed by atoms with Crippen LogP contribution in [-0.4, -0.2) is 19.9 Å². The van der Waals surface area contributed by atoms with E-state index in [4.69, 9.17) is 5.73 Å². The molecule has 3 rings (SSSR count). The lowest BCUT2D eigenvalue weighted by atomic mass is 10.2. The fourth-order valence-electron chi connectivity index (χ4n) is 1.63. The van der Waals surface area contributed by atoms with E-state index < -0.39 is 0 Å². The number of nitrogens with two attached hydrogens (primary N) is 1. The molecule has 0 aliphatic heterocycles. The van der Waals surface area contributed by atoms with Gasteiger partial charge in [0, 0.05) is 29.5 Å². The Morgan fingerprint density at radius 2 is 1.82 bits per heavy atom. The maximum atomic E-state index is 5.90. The van der Waals surface area contributed by atoms with Crippen LogP contribution in [0.5, 0.6) is 0 Å². The molecule has 0 aliphatic rings. The number of nitrogen functional groups attached to an aromatic ring is 1. The van der Waals surface area contributed by atoms with E-state index in [9.17, 15) is 0 Å². The van der Waals surface area contributed by atoms with Gasteiger partial charge in [0.2, 0.25) is 0 Å². The summed E-state index contributed by atoms with van der Waals surface area (Å²) in [5, 5.41) is 0.813. The average Bonchev–Trinajstić information content (AvgIpc) is 2.40. The summed E-state index contributed by atoms with van der Waals surface area (Å²) in [6, 6.07) is 5.53. The molecule has 0 saturated carbocycles. The fraction of sp³-hybridized carbons (Fsp3) is 0. The highest BCUT2D eigenvalue weighted by molar-refractivity contribution is 5.88. The van der Waals surface area contributed by atoms with Gasteiger partial charge in [-0.15, -0.1) is 0 Å². The lowest BCUT2D eigenvalue weighted by Crippen LogP contribution is -1.98. The molecule has 0 amide bonds. The zero-order chi connectivity index (χ0) is 11.7. The molecule has 82 valence electrons. The minimum atomic E-state index is 0.455. The van der Waals surface area contributed by atoms with Gasteiger partial charge >= 0.3 is 0 Å². The zero-order valence-electron chi connectivity index (χ0n) is 8.91. The molecule has 0 saturated heterocycles. The number of hydrogen-bond donors (Lipinski definition) is 1. The molecular formula is C12H9N5. The van der Waals surface area contributed by atoms with E-state index in [-0.39, 0.29) is 0 Å². The summed E-state index contributed by atoms with van der Waals surface area (Å²) in [6.07, 6.45) is 6.76. The number of rotatable bonds is 1. The molecule has 0 fully saturated rings. The monoisotopic (exact) mass is 223 g/mol. The number of nitrogens with zero attached hydrogens (tertiary/aromatic N) is 4. The van der Waals surface area contributed by atoms with Gasteiger partial charge in [0.15, 0.2) is 5.82 Å². The van der Waals surface area contributed by atoms with Crippen LogP contribution in [0.25, 0.3) is 22.3 Å². The van der Waals surface area contributed by atoms with Crippen molar-refractivity contribution < 1.29 is 0 Å². The summed E-state index contributed by atoms with van der Waals surface area (Å²) in [7, 11) is 0. The first-order valence-corrected chi connectivity index (χ1v) is 5.12. The highest BCUT2D eigenvalue weighted by Gasteiger charge is 2.06. The third kappa shape index (κ3) is 1.67. The predicted octanol–water partition coefficient (Wildman–Crippen LogP) is 1.67. The zero-order valence-corrected chi connectivity index (χ0v) is 8.91. The van der Waals surface area contributed by atoms with Crippen LogP contribution in [0.3, 0.4) is 0 Å². The molecule has 0 atom stereocenters. The second kappa shape index (κ2) is 3.79. The number of pyridine rings is 2. The van der Waals surface area contributed by atoms with Gasteiger partial charge in [-0.1, -0.05) is 0 Å². The standard InChI is InChI=1S/C12H9N5/c13-11-9-3-5-15-7-10(9)16-12(17-11)8-2-1-4-14-6-8/h1-7H,(H2,13,16,17). The summed E-state index contributed by atoms with van der Waals surface area (Å²) in [6.45, 7) is 0. The Bertz CT molecular complexity index is 666. The Morgan fingerprint density at radius 3 is 2.65 bits per heavy atom. The van der Waals surface area contributed by atoms with Gasteiger partial charge in [-0.2, -0.15) is 0 Å². The molecule has 3 aromatic heterocycles. The first kappa shape index (κ1) is 9.65. The average molecular weight is 223 g/mol. The second-order valence-electron chi connectivity index (χ2n) is 3.57. The maximum absolute atomic E-state index is 5.90. The van der Waals surface area contributed by atoms with Crippen LogP contribution in [0.1, 0.15) is 0 Å². The fourth-order valence-corrected chi connectivity index (χ4v) is 1.63. The van der Waals surface area contributed by atoms with Gasteiger partial charge in [-0.25, -0.2) is 9.97 Å². The van der Waals surface area contributed by atoms with Crippen LogP contribution >= 0.6 is 0 Å². The molecular weight excluding hydrogens is 214 g/mol. The SMILES string of the molecule is Nc1nc(-c2cccnc2)nc2cnccc12. The van der Waals surface area contributed by atoms with Crippen molar-refractivity contribution in [1.82, 2.24) is 19.9 Å². The van der Waals surface area contributed by atoms with Crippen LogP contribution in [0, 0.1) is 0 Å². The topological polar surface area (TPSA) is 77.6 Å². The Hall–Kier alpha value is -2.56. The molecule has 2 N–H and O–H groups in total. The van der Waals surface area contributed by atoms with Crippen molar-refractivity contribution in [3.63, 3.8) is 0 Å². The molecule has 3 aromatic rings. The van der Waals surface area contributed by atoms with Crippen molar-refractivity contribution >= 4 is 16.7 Å². The molecule has 0 aliphatic carbocycles. The van der Waals surface area contributed by atoms with Gasteiger partial charge < -0.3 is 5.73 Å². The molecule has 0 unspecified atom stereocenters. The van der Waals surface area contributed by atoms with E-state index in [2.05, 4.69) is 19.9 Å². The molecule has 17 heavy (non-hydrogen) atoms. The number of hydrogen-bond acceptors (Lipinski definition) is 5. The molecule has 5 nitrogen and oxygen atoms in total. The van der Waals surface area contributed by atoms with Crippen molar-refractivity contribution in [3.05, 3.63) is 43.0 Å². The lowest BCUT2D eigenvalue weighted by Gasteiger charge is -2.04. The maximum Gasteiger partial charge on any atom is 0.163 e. The highest BCUT2D eigenvalue weighted by Crippen LogP contribution is 2.21. The summed E-state index contributed by atoms with van der Waals surface area (Å²) < 4.78 is 0. The summed E-state index contributed by atoms with van der Waals surface area (Å²) >= 11 is 0. The molecule has 0 spiro atoms.